The largest absolute Gasteiger partial charge is 0.373 e. The Morgan fingerprint density at radius 2 is 1.75 bits per heavy atom. The van der Waals surface area contributed by atoms with Crippen LogP contribution in [-0.4, -0.2) is 19.0 Å². The fourth-order valence-electron chi connectivity index (χ4n) is 0.989. The molecule has 0 atom stereocenters. The van der Waals surface area contributed by atoms with Gasteiger partial charge in [0.15, 0.2) is 0 Å². The van der Waals surface area contributed by atoms with Crippen molar-refractivity contribution >= 4 is 11.9 Å². The van der Waals surface area contributed by atoms with Crippen LogP contribution in [-0.2, 0) is 0 Å². The standard InChI is InChI=1S/C4H5N7O/c5-1-8-2(6)11-4(12)9-3(7)10(1)11/h(H3,5,6,8)(H2,7,9,12). The number of nitrogens with one attached hydrogen (secondary N) is 1. The monoisotopic (exact) mass is 167 g/mol. The lowest BCUT2D eigenvalue weighted by atomic mass is 11.0. The Balaban J connectivity index is 3.23. The molecule has 2 rings (SSSR count). The Morgan fingerprint density at radius 3 is 2.33 bits per heavy atom. The molecule has 0 fully saturated rings. The van der Waals surface area contributed by atoms with Gasteiger partial charge in [-0.15, -0.1) is 0 Å². The van der Waals surface area contributed by atoms with Crippen LogP contribution >= 0.6 is 0 Å². The van der Waals surface area contributed by atoms with Gasteiger partial charge >= 0.3 is 5.69 Å². The van der Waals surface area contributed by atoms with Gasteiger partial charge in [-0.25, -0.2) is 4.79 Å². The van der Waals surface area contributed by atoms with Crippen LogP contribution in [0.5, 0.6) is 0 Å². The van der Waals surface area contributed by atoms with Crippen molar-refractivity contribution in [1.82, 2.24) is 19.0 Å². The number of nitrogens with two attached hydrogens (primary N) is 2. The highest BCUT2D eigenvalue weighted by Crippen LogP contribution is 1.96. The maximum Gasteiger partial charge on any atom is 0.373 e. The Morgan fingerprint density at radius 1 is 1.17 bits per heavy atom. The van der Waals surface area contributed by atoms with E-state index in [9.17, 15) is 4.79 Å². The van der Waals surface area contributed by atoms with E-state index in [0.29, 0.717) is 0 Å². The zero-order chi connectivity index (χ0) is 8.88. The summed E-state index contributed by atoms with van der Waals surface area (Å²) in [6.45, 7) is 0. The molecule has 0 amide bonds. The van der Waals surface area contributed by atoms with E-state index >= 15 is 0 Å². The normalized spacial score (nSPS) is 11.0. The van der Waals surface area contributed by atoms with Crippen molar-refractivity contribution in [2.24, 2.45) is 0 Å². The second-order valence-corrected chi connectivity index (χ2v) is 2.17. The summed E-state index contributed by atoms with van der Waals surface area (Å²) in [5.74, 6) is -0.0874. The summed E-state index contributed by atoms with van der Waals surface area (Å²) >= 11 is 0. The van der Waals surface area contributed by atoms with Crippen LogP contribution in [0.4, 0.5) is 11.9 Å². The minimum Gasteiger partial charge on any atom is -0.368 e. The van der Waals surface area contributed by atoms with Crippen molar-refractivity contribution in [2.45, 2.75) is 0 Å². The van der Waals surface area contributed by atoms with Gasteiger partial charge in [0.1, 0.15) is 0 Å². The molecule has 2 aromatic rings. The summed E-state index contributed by atoms with van der Waals surface area (Å²) in [5.41, 5.74) is 9.73. The summed E-state index contributed by atoms with van der Waals surface area (Å²) in [7, 11) is 0. The number of nitrogens with zero attached hydrogens (tertiary/aromatic N) is 4. The maximum absolute atomic E-state index is 11.0. The van der Waals surface area contributed by atoms with Gasteiger partial charge in [0.2, 0.25) is 17.5 Å². The molecule has 2 heterocycles. The third kappa shape index (κ3) is 0.557. The van der Waals surface area contributed by atoms with Crippen molar-refractivity contribution in [2.75, 3.05) is 11.5 Å². The second kappa shape index (κ2) is 1.72. The Hall–Kier alpha value is -2.12. The lowest BCUT2D eigenvalue weighted by Gasteiger charge is -1.87. The summed E-state index contributed by atoms with van der Waals surface area (Å²) in [6.07, 6.45) is 0. The van der Waals surface area contributed by atoms with Gasteiger partial charge in [-0.1, -0.05) is 0 Å². The average molecular weight is 167 g/mol. The van der Waals surface area contributed by atoms with E-state index in [1.54, 1.807) is 0 Å². The first-order chi connectivity index (χ1) is 5.61. The zero-order valence-electron chi connectivity index (χ0n) is 5.85. The van der Waals surface area contributed by atoms with Crippen molar-refractivity contribution in [3.63, 3.8) is 0 Å². The number of fused-ring (bicyclic) bond motifs is 1. The predicted molar refractivity (Wildman–Crippen MR) is 38.6 cm³/mol. The number of nitrogen functional groups attached to an aromatic ring is 2. The molecule has 0 unspecified atom stereocenters. The highest BCUT2D eigenvalue weighted by molar-refractivity contribution is 5.27. The molecule has 5 N–H and O–H groups in total. The highest BCUT2D eigenvalue weighted by atomic mass is 16.2. The smallest absolute Gasteiger partial charge is 0.368 e. The number of aromatic nitrogens is 4. The molecule has 62 valence electrons. The molecule has 0 radical (unpaired) electrons. The fraction of sp³-hybridized carbons (Fsp3) is 0. The first-order valence-electron chi connectivity index (χ1n) is 3.02. The first kappa shape index (κ1) is 6.58. The number of rotatable bonds is 0. The summed E-state index contributed by atoms with van der Waals surface area (Å²) < 4.78 is 1.95. The molecule has 0 aliphatic rings. The zero-order valence-corrected chi connectivity index (χ0v) is 5.85. The SMILES string of the molecule is N=c1nc(N)n2c(N)nc(=O)n12. The molecular weight excluding hydrogens is 162 g/mol. The number of hydrogen-bond acceptors (Lipinski definition) is 6. The molecular formula is C4H5N7O. The lowest BCUT2D eigenvalue weighted by Crippen LogP contribution is -2.23. The predicted octanol–water partition coefficient (Wildman–Crippen LogP) is -2.73. The molecule has 0 aliphatic carbocycles. The fourth-order valence-corrected chi connectivity index (χ4v) is 0.989. The lowest BCUT2D eigenvalue weighted by molar-refractivity contribution is 0.779. The maximum atomic E-state index is 11.0. The molecule has 8 heteroatoms. The van der Waals surface area contributed by atoms with Gasteiger partial charge in [0.05, 0.1) is 0 Å². The van der Waals surface area contributed by atoms with E-state index in [-0.39, 0.29) is 17.5 Å². The van der Waals surface area contributed by atoms with E-state index in [0.717, 1.165) is 9.03 Å². The molecule has 8 nitrogen and oxygen atoms in total. The van der Waals surface area contributed by atoms with Crippen LogP contribution < -0.4 is 22.8 Å². The quantitative estimate of drug-likeness (QED) is 0.392. The molecule has 0 aliphatic heterocycles. The molecule has 12 heavy (non-hydrogen) atoms. The molecule has 0 saturated heterocycles. The number of hydrogen-bond donors (Lipinski definition) is 3. The Kier molecular flexibility index (Phi) is 0.946. The van der Waals surface area contributed by atoms with Crippen LogP contribution in [0, 0.1) is 5.41 Å². The Bertz CT molecular complexity index is 490. The van der Waals surface area contributed by atoms with Gasteiger partial charge in [0, 0.05) is 0 Å². The first-order valence-corrected chi connectivity index (χ1v) is 3.02. The van der Waals surface area contributed by atoms with Gasteiger partial charge < -0.3 is 11.5 Å². The van der Waals surface area contributed by atoms with Gasteiger partial charge in [0.25, 0.3) is 0 Å². The van der Waals surface area contributed by atoms with Gasteiger partial charge in [-0.2, -0.15) is 19.0 Å². The second-order valence-electron chi connectivity index (χ2n) is 2.17. The third-order valence-corrected chi connectivity index (χ3v) is 1.45. The van der Waals surface area contributed by atoms with Crippen molar-refractivity contribution in [1.29, 1.82) is 5.41 Å². The summed E-state index contributed by atoms with van der Waals surface area (Å²) in [4.78, 5) is 17.9. The van der Waals surface area contributed by atoms with Gasteiger partial charge in [-0.3, -0.25) is 5.41 Å². The van der Waals surface area contributed by atoms with E-state index < -0.39 is 5.69 Å². The van der Waals surface area contributed by atoms with Gasteiger partial charge in [-0.05, 0) is 0 Å². The highest BCUT2D eigenvalue weighted by Gasteiger charge is 2.10. The minimum absolute atomic E-state index is 0.0212. The molecule has 0 spiro atoms. The topological polar surface area (TPSA) is 128 Å². The van der Waals surface area contributed by atoms with E-state index in [1.807, 2.05) is 0 Å². The molecule has 0 aromatic carbocycles. The van der Waals surface area contributed by atoms with Crippen molar-refractivity contribution < 1.29 is 0 Å². The van der Waals surface area contributed by atoms with Crippen LogP contribution in [0.25, 0.3) is 0 Å². The molecule has 0 bridgehead atoms. The van der Waals surface area contributed by atoms with E-state index in [1.165, 1.54) is 0 Å². The summed E-state index contributed by atoms with van der Waals surface area (Å²) in [5, 5.41) is 7.19. The van der Waals surface area contributed by atoms with Crippen molar-refractivity contribution in [3.05, 3.63) is 16.1 Å². The van der Waals surface area contributed by atoms with Crippen LogP contribution in [0.3, 0.4) is 0 Å². The van der Waals surface area contributed by atoms with Crippen LogP contribution in [0.2, 0.25) is 0 Å². The van der Waals surface area contributed by atoms with Crippen LogP contribution in [0.15, 0.2) is 4.79 Å². The Labute approximate surface area is 64.9 Å². The molecule has 0 saturated carbocycles. The van der Waals surface area contributed by atoms with E-state index in [4.69, 9.17) is 16.9 Å². The average Bonchev–Trinajstić information content (AvgIpc) is 2.38. The van der Waals surface area contributed by atoms with E-state index in [2.05, 4.69) is 9.97 Å². The number of anilines is 2. The molecule has 2 aromatic heterocycles. The van der Waals surface area contributed by atoms with Crippen molar-refractivity contribution in [3.8, 4) is 0 Å². The summed E-state index contributed by atoms with van der Waals surface area (Å²) in [6, 6.07) is 0. The third-order valence-electron chi connectivity index (χ3n) is 1.45. The minimum atomic E-state index is -0.651. The van der Waals surface area contributed by atoms with Crippen LogP contribution in [0.1, 0.15) is 0 Å².